The van der Waals surface area contributed by atoms with E-state index in [0.29, 0.717) is 28.0 Å². The number of rotatable bonds is 8. The normalized spacial score (nSPS) is 11.2. The fourth-order valence-corrected chi connectivity index (χ4v) is 3.62. The molecule has 0 saturated carbocycles. The van der Waals surface area contributed by atoms with Gasteiger partial charge in [0.05, 0.1) is 32.9 Å². The predicted octanol–water partition coefficient (Wildman–Crippen LogP) is 3.52. The van der Waals surface area contributed by atoms with E-state index in [9.17, 15) is 14.7 Å². The van der Waals surface area contributed by atoms with Gasteiger partial charge in [0.2, 0.25) is 0 Å². The van der Waals surface area contributed by atoms with Crippen molar-refractivity contribution in [2.24, 2.45) is 0 Å². The van der Waals surface area contributed by atoms with Gasteiger partial charge >= 0.3 is 5.97 Å². The van der Waals surface area contributed by atoms with Gasteiger partial charge < -0.3 is 24.1 Å². The van der Waals surface area contributed by atoms with E-state index in [1.807, 2.05) is 6.92 Å². The second kappa shape index (κ2) is 8.69. The quantitative estimate of drug-likeness (QED) is 0.526. The van der Waals surface area contributed by atoms with Gasteiger partial charge in [-0.25, -0.2) is 0 Å². The zero-order valence-electron chi connectivity index (χ0n) is 18.1. The summed E-state index contributed by atoms with van der Waals surface area (Å²) < 4.78 is 16.6. The SMILES string of the molecule is COc1cc(C(=O)c2c(CN(C)CC(=O)O)oc3c(O)c(C)ccc23)cc(C)c1OC. The largest absolute Gasteiger partial charge is 0.504 e. The lowest BCUT2D eigenvalue weighted by Gasteiger charge is -2.14. The molecule has 0 radical (unpaired) electrons. The molecule has 8 nitrogen and oxygen atoms in total. The van der Waals surface area contributed by atoms with Crippen molar-refractivity contribution in [2.75, 3.05) is 27.8 Å². The minimum atomic E-state index is -0.999. The maximum atomic E-state index is 13.6. The van der Waals surface area contributed by atoms with Crippen molar-refractivity contribution in [3.63, 3.8) is 0 Å². The molecule has 3 aromatic rings. The lowest BCUT2D eigenvalue weighted by atomic mass is 9.97. The smallest absolute Gasteiger partial charge is 0.317 e. The fraction of sp³-hybridized carbons (Fsp3) is 0.304. The molecule has 0 aliphatic heterocycles. The van der Waals surface area contributed by atoms with Crippen molar-refractivity contribution in [3.8, 4) is 17.2 Å². The van der Waals surface area contributed by atoms with Crippen molar-refractivity contribution >= 4 is 22.7 Å². The van der Waals surface area contributed by atoms with Gasteiger partial charge in [0.1, 0.15) is 5.76 Å². The van der Waals surface area contributed by atoms with Crippen LogP contribution in [0, 0.1) is 13.8 Å². The Morgan fingerprint density at radius 2 is 1.81 bits per heavy atom. The van der Waals surface area contributed by atoms with Gasteiger partial charge in [0.25, 0.3) is 0 Å². The van der Waals surface area contributed by atoms with E-state index >= 15 is 0 Å². The highest BCUT2D eigenvalue weighted by molar-refractivity contribution is 6.17. The average molecular weight is 427 g/mol. The van der Waals surface area contributed by atoms with Crippen LogP contribution in [0.3, 0.4) is 0 Å². The van der Waals surface area contributed by atoms with Crippen molar-refractivity contribution in [1.29, 1.82) is 0 Å². The first kappa shape index (κ1) is 22.2. The van der Waals surface area contributed by atoms with Crippen LogP contribution in [0.4, 0.5) is 0 Å². The number of ketones is 1. The zero-order chi connectivity index (χ0) is 22.9. The Morgan fingerprint density at radius 1 is 1.10 bits per heavy atom. The summed E-state index contributed by atoms with van der Waals surface area (Å²) in [5.74, 6) is -0.155. The topological polar surface area (TPSA) is 109 Å². The first-order chi connectivity index (χ1) is 14.7. The molecular formula is C23H25NO7. The molecule has 8 heteroatoms. The summed E-state index contributed by atoms with van der Waals surface area (Å²) in [6, 6.07) is 6.71. The van der Waals surface area contributed by atoms with E-state index in [-0.39, 0.29) is 41.5 Å². The Kier molecular flexibility index (Phi) is 6.21. The highest BCUT2D eigenvalue weighted by Crippen LogP contribution is 2.38. The maximum absolute atomic E-state index is 13.6. The van der Waals surface area contributed by atoms with Crippen molar-refractivity contribution in [2.45, 2.75) is 20.4 Å². The molecule has 0 aliphatic carbocycles. The summed E-state index contributed by atoms with van der Waals surface area (Å²) in [6.07, 6.45) is 0. The van der Waals surface area contributed by atoms with Gasteiger partial charge in [-0.15, -0.1) is 0 Å². The number of aliphatic carboxylic acids is 1. The number of furan rings is 1. The predicted molar refractivity (Wildman–Crippen MR) is 114 cm³/mol. The van der Waals surface area contributed by atoms with Crippen LogP contribution in [0.5, 0.6) is 17.2 Å². The summed E-state index contributed by atoms with van der Waals surface area (Å²) in [4.78, 5) is 26.2. The number of aromatic hydroxyl groups is 1. The van der Waals surface area contributed by atoms with Crippen LogP contribution in [-0.2, 0) is 11.3 Å². The van der Waals surface area contributed by atoms with Crippen LogP contribution >= 0.6 is 0 Å². The lowest BCUT2D eigenvalue weighted by Crippen LogP contribution is -2.25. The third-order valence-corrected chi connectivity index (χ3v) is 5.08. The highest BCUT2D eigenvalue weighted by Gasteiger charge is 2.26. The molecular weight excluding hydrogens is 402 g/mol. The molecule has 0 bridgehead atoms. The summed E-state index contributed by atoms with van der Waals surface area (Å²) in [7, 11) is 4.63. The minimum Gasteiger partial charge on any atom is -0.504 e. The molecule has 0 amide bonds. The van der Waals surface area contributed by atoms with E-state index in [0.717, 1.165) is 5.56 Å². The van der Waals surface area contributed by atoms with Crippen LogP contribution in [0.2, 0.25) is 0 Å². The number of methoxy groups -OCH3 is 2. The van der Waals surface area contributed by atoms with E-state index in [1.165, 1.54) is 19.1 Å². The van der Waals surface area contributed by atoms with Gasteiger partial charge in [-0.3, -0.25) is 14.5 Å². The Hall–Kier alpha value is -3.52. The molecule has 0 spiro atoms. The summed E-state index contributed by atoms with van der Waals surface area (Å²) in [5.41, 5.74) is 2.15. The number of carboxylic acids is 1. The van der Waals surface area contributed by atoms with Crippen molar-refractivity contribution in [1.82, 2.24) is 4.90 Å². The second-order valence-electron chi connectivity index (χ2n) is 7.43. The Bertz CT molecular complexity index is 1160. The summed E-state index contributed by atoms with van der Waals surface area (Å²) in [6.45, 7) is 3.38. The molecule has 1 heterocycles. The summed E-state index contributed by atoms with van der Waals surface area (Å²) >= 11 is 0. The van der Waals surface area contributed by atoms with Gasteiger partial charge in [-0.05, 0) is 50.2 Å². The monoisotopic (exact) mass is 427 g/mol. The number of aryl methyl sites for hydroxylation is 2. The number of hydrogen-bond acceptors (Lipinski definition) is 7. The number of fused-ring (bicyclic) bond motifs is 1. The molecule has 0 fully saturated rings. The standard InChI is InChI=1S/C23H25NO7/c1-12-6-7-15-19(17(31-23(15)20(12)27)10-24(3)11-18(25)26)21(28)14-8-13(2)22(30-5)16(9-14)29-4/h6-9,27H,10-11H2,1-5H3,(H,25,26). The van der Waals surface area contributed by atoms with Crippen molar-refractivity contribution in [3.05, 3.63) is 52.3 Å². The third-order valence-electron chi connectivity index (χ3n) is 5.08. The number of likely N-dealkylation sites (N-methyl/N-ethyl adjacent to an activating group) is 1. The highest BCUT2D eigenvalue weighted by atomic mass is 16.5. The summed E-state index contributed by atoms with van der Waals surface area (Å²) in [5, 5.41) is 20.0. The molecule has 0 saturated heterocycles. The molecule has 0 unspecified atom stereocenters. The van der Waals surface area contributed by atoms with E-state index in [2.05, 4.69) is 0 Å². The number of phenols is 1. The first-order valence-electron chi connectivity index (χ1n) is 9.59. The lowest BCUT2D eigenvalue weighted by molar-refractivity contribution is -0.138. The molecule has 1 aromatic heterocycles. The second-order valence-corrected chi connectivity index (χ2v) is 7.43. The number of ether oxygens (including phenoxy) is 2. The minimum absolute atomic E-state index is 0.0535. The number of carbonyl (C=O) groups is 2. The molecule has 2 aromatic carbocycles. The fourth-order valence-electron chi connectivity index (χ4n) is 3.62. The van der Waals surface area contributed by atoms with Crippen molar-refractivity contribution < 1.29 is 33.7 Å². The molecule has 164 valence electrons. The molecule has 0 atom stereocenters. The zero-order valence-corrected chi connectivity index (χ0v) is 18.1. The number of nitrogens with zero attached hydrogens (tertiary/aromatic N) is 1. The Morgan fingerprint density at radius 3 is 2.42 bits per heavy atom. The number of phenolic OH excluding ortho intramolecular Hbond substituents is 1. The molecule has 31 heavy (non-hydrogen) atoms. The van der Waals surface area contributed by atoms with E-state index in [4.69, 9.17) is 19.0 Å². The molecule has 3 rings (SSSR count). The van der Waals surface area contributed by atoms with Gasteiger partial charge in [0, 0.05) is 10.9 Å². The third kappa shape index (κ3) is 4.20. The average Bonchev–Trinajstić information content (AvgIpc) is 3.07. The van der Waals surface area contributed by atoms with Gasteiger partial charge in [0.15, 0.2) is 28.6 Å². The Balaban J connectivity index is 2.19. The van der Waals surface area contributed by atoms with Gasteiger partial charge in [-0.2, -0.15) is 0 Å². The van der Waals surface area contributed by atoms with Crippen LogP contribution in [0.25, 0.3) is 11.0 Å². The maximum Gasteiger partial charge on any atom is 0.317 e. The number of carboxylic acid groups (broad SMARTS) is 1. The first-order valence-corrected chi connectivity index (χ1v) is 9.59. The number of carbonyl (C=O) groups excluding carboxylic acids is 1. The molecule has 0 aliphatic rings. The van der Waals surface area contributed by atoms with Crippen LogP contribution < -0.4 is 9.47 Å². The number of benzene rings is 2. The van der Waals surface area contributed by atoms with Gasteiger partial charge in [-0.1, -0.05) is 6.07 Å². The number of hydrogen-bond donors (Lipinski definition) is 2. The van der Waals surface area contributed by atoms with Crippen LogP contribution in [0.15, 0.2) is 28.7 Å². The van der Waals surface area contributed by atoms with E-state index in [1.54, 1.807) is 38.2 Å². The van der Waals surface area contributed by atoms with E-state index < -0.39 is 5.97 Å². The Labute approximate surface area is 179 Å². The van der Waals surface area contributed by atoms with Crippen LogP contribution in [0.1, 0.15) is 32.8 Å². The molecule has 2 N–H and O–H groups in total. The van der Waals surface area contributed by atoms with Crippen LogP contribution in [-0.4, -0.2) is 54.7 Å².